The molecule has 0 aliphatic heterocycles. The molecule has 9 heteroatoms. The van der Waals surface area contributed by atoms with E-state index in [9.17, 15) is 4.79 Å². The van der Waals surface area contributed by atoms with E-state index in [1.807, 2.05) is 13.0 Å². The number of nitrogens with zero attached hydrogens (tertiary/aromatic N) is 3. The topological polar surface area (TPSA) is 96.6 Å². The Morgan fingerprint density at radius 1 is 1.34 bits per heavy atom. The Morgan fingerprint density at radius 3 is 2.86 bits per heavy atom. The molecular formula is C20H20BrN3O5. The molecule has 1 aromatic carbocycles. The number of pyridine rings is 1. The van der Waals surface area contributed by atoms with Crippen molar-refractivity contribution in [2.75, 3.05) is 13.7 Å². The Morgan fingerprint density at radius 2 is 2.17 bits per heavy atom. The van der Waals surface area contributed by atoms with Crippen molar-refractivity contribution in [3.05, 3.63) is 52.6 Å². The third-order valence-corrected chi connectivity index (χ3v) is 4.50. The molecule has 0 aliphatic carbocycles. The fraction of sp³-hybridized carbons (Fsp3) is 0.300. The average Bonchev–Trinajstić information content (AvgIpc) is 3.23. The van der Waals surface area contributed by atoms with E-state index >= 15 is 0 Å². The Hall–Kier alpha value is -2.94. The van der Waals surface area contributed by atoms with Crippen LogP contribution in [0.25, 0.3) is 11.4 Å². The molecule has 3 rings (SSSR count). The largest absolute Gasteiger partial charge is 0.493 e. The van der Waals surface area contributed by atoms with Crippen LogP contribution in [0.5, 0.6) is 11.5 Å². The average molecular weight is 462 g/mol. The molecule has 8 nitrogen and oxygen atoms in total. The van der Waals surface area contributed by atoms with E-state index in [1.165, 1.54) is 7.11 Å². The molecule has 3 aromatic rings. The molecule has 1 atom stereocenters. The molecule has 29 heavy (non-hydrogen) atoms. The lowest BCUT2D eigenvalue weighted by Crippen LogP contribution is -2.10. The number of methoxy groups -OCH3 is 1. The van der Waals surface area contributed by atoms with Crippen LogP contribution < -0.4 is 9.47 Å². The number of rotatable bonds is 8. The van der Waals surface area contributed by atoms with Gasteiger partial charge < -0.3 is 18.7 Å². The van der Waals surface area contributed by atoms with E-state index < -0.39 is 12.1 Å². The van der Waals surface area contributed by atoms with Crippen LogP contribution in [0, 0.1) is 0 Å². The number of ether oxygens (including phenoxy) is 3. The molecule has 1 unspecified atom stereocenters. The summed E-state index contributed by atoms with van der Waals surface area (Å²) >= 11 is 3.42. The standard InChI is InChI=1S/C20H20BrN3O5/c1-4-8-27-17-15(21)9-14(10-16(17)26-3)20(25)28-12(2)19-23-18(24-29-19)13-6-5-7-22-11-13/h5-7,9-12H,4,8H2,1-3H3. The van der Waals surface area contributed by atoms with E-state index in [4.69, 9.17) is 18.7 Å². The van der Waals surface area contributed by atoms with Crippen LogP contribution >= 0.6 is 15.9 Å². The maximum Gasteiger partial charge on any atom is 0.339 e. The van der Waals surface area contributed by atoms with Crippen molar-refractivity contribution >= 4 is 21.9 Å². The molecule has 0 aliphatic rings. The molecule has 0 spiro atoms. The van der Waals surface area contributed by atoms with Gasteiger partial charge in [-0.1, -0.05) is 12.1 Å². The fourth-order valence-electron chi connectivity index (χ4n) is 2.47. The molecule has 0 fully saturated rings. The maximum absolute atomic E-state index is 12.6. The Labute approximate surface area is 176 Å². The number of benzene rings is 1. The van der Waals surface area contributed by atoms with E-state index in [0.717, 1.165) is 6.42 Å². The molecular weight excluding hydrogens is 442 g/mol. The number of esters is 1. The maximum atomic E-state index is 12.6. The van der Waals surface area contributed by atoms with Gasteiger partial charge in [0.1, 0.15) is 0 Å². The summed E-state index contributed by atoms with van der Waals surface area (Å²) in [5.74, 6) is 0.977. The minimum absolute atomic E-state index is 0.186. The highest BCUT2D eigenvalue weighted by Crippen LogP contribution is 2.37. The lowest BCUT2D eigenvalue weighted by Gasteiger charge is -2.14. The smallest absolute Gasteiger partial charge is 0.339 e. The first kappa shape index (κ1) is 20.8. The summed E-state index contributed by atoms with van der Waals surface area (Å²) in [6.45, 7) is 4.19. The minimum atomic E-state index is -0.735. The van der Waals surface area contributed by atoms with Crippen molar-refractivity contribution in [3.8, 4) is 22.9 Å². The Bertz CT molecular complexity index is 978. The van der Waals surface area contributed by atoms with E-state index in [0.29, 0.717) is 39.5 Å². The van der Waals surface area contributed by atoms with Crippen LogP contribution in [0.2, 0.25) is 0 Å². The highest BCUT2D eigenvalue weighted by atomic mass is 79.9. The summed E-state index contributed by atoms with van der Waals surface area (Å²) in [6.07, 6.45) is 3.39. The van der Waals surface area contributed by atoms with Crippen molar-refractivity contribution in [3.63, 3.8) is 0 Å². The predicted molar refractivity (Wildman–Crippen MR) is 108 cm³/mol. The van der Waals surface area contributed by atoms with Gasteiger partial charge in [-0.3, -0.25) is 4.98 Å². The number of carbonyl (C=O) groups is 1. The zero-order valence-corrected chi connectivity index (χ0v) is 17.8. The minimum Gasteiger partial charge on any atom is -0.493 e. The predicted octanol–water partition coefficient (Wildman–Crippen LogP) is 4.61. The summed E-state index contributed by atoms with van der Waals surface area (Å²) < 4.78 is 22.3. The van der Waals surface area contributed by atoms with Crippen LogP contribution in [0.15, 0.2) is 45.7 Å². The van der Waals surface area contributed by atoms with Crippen molar-refractivity contribution in [1.29, 1.82) is 0 Å². The number of hydrogen-bond donors (Lipinski definition) is 0. The van der Waals surface area contributed by atoms with Gasteiger partial charge in [0.05, 0.1) is 23.8 Å². The lowest BCUT2D eigenvalue weighted by molar-refractivity contribution is 0.0265. The zero-order valence-electron chi connectivity index (χ0n) is 16.2. The van der Waals surface area contributed by atoms with Crippen molar-refractivity contribution in [2.45, 2.75) is 26.4 Å². The SMILES string of the molecule is CCCOc1c(Br)cc(C(=O)OC(C)c2nc(-c3cccnc3)no2)cc1OC. The second kappa shape index (κ2) is 9.51. The first-order valence-electron chi connectivity index (χ1n) is 8.98. The third kappa shape index (κ3) is 4.92. The van der Waals surface area contributed by atoms with Gasteiger partial charge in [0.2, 0.25) is 5.82 Å². The van der Waals surface area contributed by atoms with Gasteiger partial charge in [0.25, 0.3) is 5.89 Å². The van der Waals surface area contributed by atoms with Crippen molar-refractivity contribution in [1.82, 2.24) is 15.1 Å². The van der Waals surface area contributed by atoms with Crippen LogP contribution in [0.1, 0.15) is 42.6 Å². The second-order valence-electron chi connectivity index (χ2n) is 6.08. The van der Waals surface area contributed by atoms with Crippen LogP contribution in [-0.2, 0) is 4.74 Å². The highest BCUT2D eigenvalue weighted by molar-refractivity contribution is 9.10. The lowest BCUT2D eigenvalue weighted by atomic mass is 10.2. The van der Waals surface area contributed by atoms with E-state index in [-0.39, 0.29) is 5.89 Å². The van der Waals surface area contributed by atoms with Gasteiger partial charge in [0, 0.05) is 18.0 Å². The molecule has 0 bridgehead atoms. The number of aromatic nitrogens is 3. The summed E-state index contributed by atoms with van der Waals surface area (Å²) in [6, 6.07) is 6.77. The second-order valence-corrected chi connectivity index (χ2v) is 6.94. The molecule has 2 heterocycles. The molecule has 0 N–H and O–H groups in total. The van der Waals surface area contributed by atoms with Crippen molar-refractivity contribution < 1.29 is 23.5 Å². The van der Waals surface area contributed by atoms with E-state index in [1.54, 1.807) is 37.5 Å². The van der Waals surface area contributed by atoms with Gasteiger partial charge in [-0.25, -0.2) is 4.79 Å². The normalized spacial score (nSPS) is 11.7. The van der Waals surface area contributed by atoms with E-state index in [2.05, 4.69) is 31.1 Å². The quantitative estimate of drug-likeness (QED) is 0.448. The third-order valence-electron chi connectivity index (χ3n) is 3.91. The summed E-state index contributed by atoms with van der Waals surface area (Å²) in [4.78, 5) is 20.9. The summed E-state index contributed by atoms with van der Waals surface area (Å²) in [5, 5.41) is 3.91. The molecule has 0 saturated heterocycles. The highest BCUT2D eigenvalue weighted by Gasteiger charge is 2.22. The van der Waals surface area contributed by atoms with Gasteiger partial charge in [-0.05, 0) is 53.5 Å². The zero-order chi connectivity index (χ0) is 20.8. The number of carbonyl (C=O) groups excluding carboxylic acids is 1. The summed E-state index contributed by atoms with van der Waals surface area (Å²) in [7, 11) is 1.51. The van der Waals surface area contributed by atoms with Gasteiger partial charge in [-0.2, -0.15) is 4.98 Å². The summed E-state index contributed by atoms with van der Waals surface area (Å²) in [5.41, 5.74) is 1.01. The Kier molecular flexibility index (Phi) is 6.82. The molecule has 152 valence electrons. The fourth-order valence-corrected chi connectivity index (χ4v) is 3.03. The van der Waals surface area contributed by atoms with Crippen LogP contribution in [0.4, 0.5) is 0 Å². The van der Waals surface area contributed by atoms with Gasteiger partial charge in [0.15, 0.2) is 17.6 Å². The van der Waals surface area contributed by atoms with Gasteiger partial charge >= 0.3 is 5.97 Å². The molecule has 0 radical (unpaired) electrons. The molecule has 0 saturated carbocycles. The first-order valence-corrected chi connectivity index (χ1v) is 9.78. The molecule has 2 aromatic heterocycles. The number of hydrogen-bond acceptors (Lipinski definition) is 8. The monoisotopic (exact) mass is 461 g/mol. The number of halogens is 1. The first-order chi connectivity index (χ1) is 14.0. The van der Waals surface area contributed by atoms with Crippen LogP contribution in [0.3, 0.4) is 0 Å². The van der Waals surface area contributed by atoms with Crippen molar-refractivity contribution in [2.24, 2.45) is 0 Å². The Balaban J connectivity index is 1.74. The van der Waals surface area contributed by atoms with Gasteiger partial charge in [-0.15, -0.1) is 0 Å². The van der Waals surface area contributed by atoms with Crippen LogP contribution in [-0.4, -0.2) is 34.8 Å². The molecule has 0 amide bonds.